The van der Waals surface area contributed by atoms with Gasteiger partial charge in [0.15, 0.2) is 17.9 Å². The standard InChI is InChI=1S/C6H4FNO2/c7-5-1-4(3-9)8-2-6(5)10/h1-3,10H. The van der Waals surface area contributed by atoms with Gasteiger partial charge in [-0.1, -0.05) is 0 Å². The molecule has 0 amide bonds. The number of carbonyl (C=O) groups excluding carboxylic acids is 1. The topological polar surface area (TPSA) is 50.2 Å². The van der Waals surface area contributed by atoms with Gasteiger partial charge in [-0.05, 0) is 0 Å². The maximum absolute atomic E-state index is 12.3. The Labute approximate surface area is 56.1 Å². The van der Waals surface area contributed by atoms with Gasteiger partial charge < -0.3 is 5.11 Å². The van der Waals surface area contributed by atoms with Crippen molar-refractivity contribution in [2.75, 3.05) is 0 Å². The molecule has 0 fully saturated rings. The summed E-state index contributed by atoms with van der Waals surface area (Å²) < 4.78 is 12.3. The average molecular weight is 141 g/mol. The van der Waals surface area contributed by atoms with E-state index in [1.165, 1.54) is 0 Å². The van der Waals surface area contributed by atoms with Crippen molar-refractivity contribution >= 4 is 6.29 Å². The van der Waals surface area contributed by atoms with Crippen molar-refractivity contribution in [2.24, 2.45) is 0 Å². The quantitative estimate of drug-likeness (QED) is 0.587. The first kappa shape index (κ1) is 6.67. The van der Waals surface area contributed by atoms with Crippen LogP contribution in [0.15, 0.2) is 12.3 Å². The third-order valence-corrected chi connectivity index (χ3v) is 0.976. The summed E-state index contributed by atoms with van der Waals surface area (Å²) >= 11 is 0. The van der Waals surface area contributed by atoms with Crippen molar-refractivity contribution in [3.8, 4) is 5.75 Å². The van der Waals surface area contributed by atoms with Gasteiger partial charge >= 0.3 is 0 Å². The average Bonchev–Trinajstić information content (AvgIpc) is 1.95. The second-order valence-corrected chi connectivity index (χ2v) is 1.68. The zero-order chi connectivity index (χ0) is 7.56. The van der Waals surface area contributed by atoms with Crippen molar-refractivity contribution < 1.29 is 14.3 Å². The molecule has 1 N–H and O–H groups in total. The molecule has 4 heteroatoms. The van der Waals surface area contributed by atoms with E-state index in [9.17, 15) is 9.18 Å². The Hall–Kier alpha value is -1.45. The maximum Gasteiger partial charge on any atom is 0.170 e. The molecule has 0 unspecified atom stereocenters. The number of hydrogen-bond donors (Lipinski definition) is 1. The molecule has 1 heterocycles. The second kappa shape index (κ2) is 2.43. The number of pyridine rings is 1. The Morgan fingerprint density at radius 3 is 2.90 bits per heavy atom. The largest absolute Gasteiger partial charge is 0.504 e. The van der Waals surface area contributed by atoms with E-state index < -0.39 is 11.6 Å². The van der Waals surface area contributed by atoms with E-state index in [0.717, 1.165) is 12.3 Å². The summed E-state index contributed by atoms with van der Waals surface area (Å²) in [7, 11) is 0. The van der Waals surface area contributed by atoms with E-state index in [1.807, 2.05) is 0 Å². The summed E-state index contributed by atoms with van der Waals surface area (Å²) in [6, 6.07) is 0.863. The summed E-state index contributed by atoms with van der Waals surface area (Å²) in [4.78, 5) is 13.4. The first-order valence-electron chi connectivity index (χ1n) is 2.53. The highest BCUT2D eigenvalue weighted by Gasteiger charge is 2.00. The van der Waals surface area contributed by atoms with E-state index >= 15 is 0 Å². The van der Waals surface area contributed by atoms with Crippen molar-refractivity contribution in [2.45, 2.75) is 0 Å². The number of hydrogen-bond acceptors (Lipinski definition) is 3. The smallest absolute Gasteiger partial charge is 0.170 e. The van der Waals surface area contributed by atoms with Crippen LogP contribution in [0.5, 0.6) is 5.75 Å². The van der Waals surface area contributed by atoms with Crippen molar-refractivity contribution in [1.29, 1.82) is 0 Å². The predicted molar refractivity (Wildman–Crippen MR) is 31.2 cm³/mol. The summed E-state index contributed by atoms with van der Waals surface area (Å²) in [6.07, 6.45) is 1.29. The Balaban J connectivity index is 3.16. The van der Waals surface area contributed by atoms with Gasteiger partial charge in [-0.25, -0.2) is 9.37 Å². The Morgan fingerprint density at radius 2 is 2.40 bits per heavy atom. The lowest BCUT2D eigenvalue weighted by molar-refractivity contribution is 0.111. The van der Waals surface area contributed by atoms with Gasteiger partial charge in [0.1, 0.15) is 5.69 Å². The third-order valence-electron chi connectivity index (χ3n) is 0.976. The van der Waals surface area contributed by atoms with E-state index in [-0.39, 0.29) is 5.69 Å². The van der Waals surface area contributed by atoms with E-state index in [2.05, 4.69) is 4.98 Å². The fourth-order valence-corrected chi connectivity index (χ4v) is 0.503. The molecule has 0 saturated heterocycles. The fraction of sp³-hybridized carbons (Fsp3) is 0. The van der Waals surface area contributed by atoms with Gasteiger partial charge in [0.25, 0.3) is 0 Å². The Kier molecular flexibility index (Phi) is 1.62. The molecule has 52 valence electrons. The molecule has 0 aliphatic heterocycles. The highest BCUT2D eigenvalue weighted by molar-refractivity contribution is 5.71. The van der Waals surface area contributed by atoms with Crippen LogP contribution in [0.4, 0.5) is 4.39 Å². The molecular formula is C6H4FNO2. The van der Waals surface area contributed by atoms with Gasteiger partial charge in [-0.2, -0.15) is 0 Å². The molecule has 1 aromatic heterocycles. The molecule has 0 spiro atoms. The number of nitrogens with zero attached hydrogens (tertiary/aromatic N) is 1. The third kappa shape index (κ3) is 1.10. The van der Waals surface area contributed by atoms with Gasteiger partial charge in [0.2, 0.25) is 0 Å². The number of aromatic nitrogens is 1. The van der Waals surface area contributed by atoms with Crippen LogP contribution in [0, 0.1) is 5.82 Å². The number of carbonyl (C=O) groups is 1. The first-order valence-corrected chi connectivity index (χ1v) is 2.53. The van der Waals surface area contributed by atoms with Gasteiger partial charge in [0.05, 0.1) is 6.20 Å². The molecule has 10 heavy (non-hydrogen) atoms. The highest BCUT2D eigenvalue weighted by atomic mass is 19.1. The summed E-state index contributed by atoms with van der Waals surface area (Å²) in [5.41, 5.74) is -0.0321. The number of aromatic hydroxyl groups is 1. The normalized spacial score (nSPS) is 9.30. The highest BCUT2D eigenvalue weighted by Crippen LogP contribution is 2.11. The summed E-state index contributed by atoms with van der Waals surface area (Å²) in [6.45, 7) is 0. The molecule has 1 aromatic rings. The molecular weight excluding hydrogens is 137 g/mol. The van der Waals surface area contributed by atoms with Crippen LogP contribution in [-0.4, -0.2) is 16.4 Å². The molecule has 0 aliphatic carbocycles. The Bertz CT molecular complexity index is 262. The van der Waals surface area contributed by atoms with Crippen molar-refractivity contribution in [1.82, 2.24) is 4.98 Å². The molecule has 0 aliphatic rings. The van der Waals surface area contributed by atoms with E-state index in [4.69, 9.17) is 5.11 Å². The lowest BCUT2D eigenvalue weighted by Gasteiger charge is -1.92. The van der Waals surface area contributed by atoms with Crippen molar-refractivity contribution in [3.63, 3.8) is 0 Å². The minimum absolute atomic E-state index is 0.0321. The lowest BCUT2D eigenvalue weighted by Crippen LogP contribution is -1.87. The lowest BCUT2D eigenvalue weighted by atomic mass is 10.3. The van der Waals surface area contributed by atoms with Crippen LogP contribution in [0.25, 0.3) is 0 Å². The number of halogens is 1. The SMILES string of the molecule is O=Cc1cc(F)c(O)cn1. The molecule has 0 aromatic carbocycles. The van der Waals surface area contributed by atoms with Crippen LogP contribution in [0.2, 0.25) is 0 Å². The molecule has 0 saturated carbocycles. The van der Waals surface area contributed by atoms with Crippen molar-refractivity contribution in [3.05, 3.63) is 23.8 Å². The number of rotatable bonds is 1. The monoisotopic (exact) mass is 141 g/mol. The van der Waals surface area contributed by atoms with Gasteiger partial charge in [-0.15, -0.1) is 0 Å². The molecule has 0 bridgehead atoms. The minimum Gasteiger partial charge on any atom is -0.504 e. The Morgan fingerprint density at radius 1 is 1.70 bits per heavy atom. The molecule has 3 nitrogen and oxygen atoms in total. The van der Waals surface area contributed by atoms with E-state index in [0.29, 0.717) is 6.29 Å². The minimum atomic E-state index is -0.836. The maximum atomic E-state index is 12.3. The fourth-order valence-electron chi connectivity index (χ4n) is 0.503. The molecule has 0 radical (unpaired) electrons. The second-order valence-electron chi connectivity index (χ2n) is 1.68. The van der Waals surface area contributed by atoms with E-state index in [1.54, 1.807) is 0 Å². The van der Waals surface area contributed by atoms with Gasteiger partial charge in [0, 0.05) is 6.07 Å². The predicted octanol–water partition coefficient (Wildman–Crippen LogP) is 0.739. The van der Waals surface area contributed by atoms with Crippen LogP contribution in [0.1, 0.15) is 10.5 Å². The van der Waals surface area contributed by atoms with Crippen LogP contribution < -0.4 is 0 Å². The zero-order valence-corrected chi connectivity index (χ0v) is 4.91. The van der Waals surface area contributed by atoms with Crippen LogP contribution >= 0.6 is 0 Å². The van der Waals surface area contributed by atoms with Gasteiger partial charge in [-0.3, -0.25) is 4.79 Å². The van der Waals surface area contributed by atoms with Crippen LogP contribution in [0.3, 0.4) is 0 Å². The zero-order valence-electron chi connectivity index (χ0n) is 4.91. The number of aldehydes is 1. The first-order chi connectivity index (χ1) is 4.74. The summed E-state index contributed by atoms with van der Waals surface area (Å²) in [5.74, 6) is -1.39. The molecule has 1 rings (SSSR count). The van der Waals surface area contributed by atoms with Crippen LogP contribution in [-0.2, 0) is 0 Å². The molecule has 0 atom stereocenters. The summed E-state index contributed by atoms with van der Waals surface area (Å²) in [5, 5.41) is 8.59.